The van der Waals surface area contributed by atoms with Gasteiger partial charge < -0.3 is 14.0 Å². The number of fused-ring (bicyclic) bond motifs is 5. The van der Waals surface area contributed by atoms with Crippen molar-refractivity contribution in [3.63, 3.8) is 0 Å². The molecule has 9 atom stereocenters. The van der Waals surface area contributed by atoms with Gasteiger partial charge in [0.05, 0.1) is 12.7 Å². The van der Waals surface area contributed by atoms with Gasteiger partial charge in [0, 0.05) is 16.9 Å². The van der Waals surface area contributed by atoms with Crippen LogP contribution >= 0.6 is 12.0 Å². The Morgan fingerprint density at radius 1 is 0.975 bits per heavy atom. The Kier molecular flexibility index (Phi) is 8.62. The van der Waals surface area contributed by atoms with E-state index in [0.717, 1.165) is 36.0 Å². The van der Waals surface area contributed by atoms with Crippen LogP contribution in [0.2, 0.25) is 0 Å². The third kappa shape index (κ3) is 5.23. The second kappa shape index (κ2) is 11.3. The van der Waals surface area contributed by atoms with Crippen LogP contribution in [0.3, 0.4) is 0 Å². The zero-order valence-electron chi connectivity index (χ0n) is 24.9. The summed E-state index contributed by atoms with van der Waals surface area (Å²) in [5, 5.41) is 10.6. The molecular formula is C33H49F3O3S. The van der Waals surface area contributed by atoms with Crippen molar-refractivity contribution in [2.45, 2.75) is 116 Å². The molecule has 0 aliphatic heterocycles. The van der Waals surface area contributed by atoms with E-state index in [1.165, 1.54) is 69.1 Å². The van der Waals surface area contributed by atoms with E-state index in [1.807, 2.05) is 0 Å². The van der Waals surface area contributed by atoms with Gasteiger partial charge in [-0.25, -0.2) is 0 Å². The predicted molar refractivity (Wildman–Crippen MR) is 154 cm³/mol. The van der Waals surface area contributed by atoms with E-state index in [4.69, 9.17) is 4.18 Å². The molecule has 40 heavy (non-hydrogen) atoms. The monoisotopic (exact) mass is 582 g/mol. The summed E-state index contributed by atoms with van der Waals surface area (Å²) in [6, 6.07) is 5.88. The minimum atomic E-state index is -4.68. The Morgan fingerprint density at radius 2 is 1.70 bits per heavy atom. The average Bonchev–Trinajstić information content (AvgIpc) is 3.20. The van der Waals surface area contributed by atoms with Gasteiger partial charge in [-0.2, -0.15) is 0 Å². The molecule has 4 saturated carbocycles. The normalized spacial score (nSPS) is 41.4. The largest absolute Gasteiger partial charge is 0.573 e. The fourth-order valence-corrected chi connectivity index (χ4v) is 11.5. The maximum Gasteiger partial charge on any atom is 0.573 e. The fourth-order valence-electron chi connectivity index (χ4n) is 10.9. The van der Waals surface area contributed by atoms with Crippen LogP contribution in [0.25, 0.3) is 0 Å². The molecule has 4 aliphatic rings. The third-order valence-electron chi connectivity index (χ3n) is 12.7. The van der Waals surface area contributed by atoms with Crippen molar-refractivity contribution in [1.82, 2.24) is 0 Å². The van der Waals surface area contributed by atoms with Crippen molar-refractivity contribution in [2.75, 3.05) is 6.61 Å². The Hall–Kier alpha value is -0.920. The van der Waals surface area contributed by atoms with Gasteiger partial charge in [0.25, 0.3) is 0 Å². The predicted octanol–water partition coefficient (Wildman–Crippen LogP) is 9.68. The lowest BCUT2D eigenvalue weighted by molar-refractivity contribution is -0.274. The first-order valence-corrected chi connectivity index (χ1v) is 16.4. The minimum absolute atomic E-state index is 0.114. The average molecular weight is 583 g/mol. The summed E-state index contributed by atoms with van der Waals surface area (Å²) < 4.78 is 47.3. The zero-order chi connectivity index (χ0) is 28.9. The highest BCUT2D eigenvalue weighted by atomic mass is 32.2. The maximum atomic E-state index is 12.4. The van der Waals surface area contributed by atoms with E-state index in [0.29, 0.717) is 46.5 Å². The smallest absolute Gasteiger partial charge is 0.406 e. The number of hydrogen-bond donors (Lipinski definition) is 1. The summed E-state index contributed by atoms with van der Waals surface area (Å²) in [6.45, 7) is 13.2. The van der Waals surface area contributed by atoms with Crippen LogP contribution in [-0.4, -0.2) is 24.2 Å². The molecule has 0 saturated heterocycles. The molecule has 7 heteroatoms. The Bertz CT molecular complexity index is 1020. The molecule has 0 radical (unpaired) electrons. The number of rotatable bonds is 8. The molecule has 4 fully saturated rings. The van der Waals surface area contributed by atoms with Crippen molar-refractivity contribution in [3.8, 4) is 5.75 Å². The number of aliphatic hydroxyl groups excluding tert-OH is 1. The Morgan fingerprint density at radius 3 is 2.35 bits per heavy atom. The number of benzene rings is 1. The molecule has 0 spiro atoms. The first-order valence-electron chi connectivity index (χ1n) is 15.7. The molecule has 4 aliphatic carbocycles. The van der Waals surface area contributed by atoms with E-state index in [2.05, 4.69) is 39.4 Å². The quantitative estimate of drug-likeness (QED) is 0.245. The van der Waals surface area contributed by atoms with Gasteiger partial charge in [-0.05, 0) is 134 Å². The summed E-state index contributed by atoms with van der Waals surface area (Å²) in [5.74, 6) is 3.93. The molecule has 0 aromatic heterocycles. The fraction of sp³-hybridized carbons (Fsp3) is 0.818. The molecular weight excluding hydrogens is 533 g/mol. The van der Waals surface area contributed by atoms with Gasteiger partial charge in [0.2, 0.25) is 0 Å². The number of alkyl halides is 3. The molecule has 0 amide bonds. The van der Waals surface area contributed by atoms with Gasteiger partial charge in [-0.3, -0.25) is 0 Å². The van der Waals surface area contributed by atoms with Crippen molar-refractivity contribution in [2.24, 2.45) is 51.8 Å². The Balaban J connectivity index is 1.27. The number of aliphatic hydroxyl groups is 1. The highest BCUT2D eigenvalue weighted by Gasteiger charge is 2.68. The molecule has 1 aromatic carbocycles. The van der Waals surface area contributed by atoms with Crippen LogP contribution in [0, 0.1) is 51.8 Å². The van der Waals surface area contributed by atoms with Crippen LogP contribution in [0.1, 0.15) is 98.8 Å². The first kappa shape index (κ1) is 30.5. The molecule has 0 heterocycles. The molecule has 3 nitrogen and oxygen atoms in total. The SMILES string of the molecule is CC[C@H]1CC2C(CCC3(C)C(CCOSc4ccc(OC(F)(F)F)cc4)CCC23C(C)C)C2(C)CC[C@@H](O)CC12. The topological polar surface area (TPSA) is 38.7 Å². The molecule has 5 rings (SSSR count). The first-order chi connectivity index (χ1) is 18.8. The van der Waals surface area contributed by atoms with Crippen LogP contribution in [0.4, 0.5) is 13.2 Å². The van der Waals surface area contributed by atoms with Crippen molar-refractivity contribution in [1.29, 1.82) is 0 Å². The number of halogens is 3. The van der Waals surface area contributed by atoms with E-state index in [1.54, 1.807) is 12.1 Å². The van der Waals surface area contributed by atoms with Crippen LogP contribution in [0.5, 0.6) is 5.75 Å². The molecule has 1 aromatic rings. The van der Waals surface area contributed by atoms with Gasteiger partial charge in [0.1, 0.15) is 5.75 Å². The maximum absolute atomic E-state index is 12.4. The standard InChI is InChI=1S/C33H49F3O3S/c1-6-22-19-29-27(30(4)15-12-24(37)20-28(22)30)13-16-31(5)23(11-17-32(29,31)21(2)3)14-18-38-40-26-9-7-25(8-10-26)39-33(34,35)36/h7-10,21-24,27-29,37H,6,11-20H2,1-5H3/t22-,23?,24+,27?,28?,29?,30?,31?,32?/m0/s1. The molecule has 1 N–H and O–H groups in total. The Labute approximate surface area is 243 Å². The van der Waals surface area contributed by atoms with Gasteiger partial charge in [0.15, 0.2) is 0 Å². The number of hydrogen-bond acceptors (Lipinski definition) is 4. The lowest BCUT2D eigenvalue weighted by atomic mass is 9.37. The van der Waals surface area contributed by atoms with Crippen molar-refractivity contribution >= 4 is 12.0 Å². The molecule has 0 bridgehead atoms. The van der Waals surface area contributed by atoms with E-state index in [9.17, 15) is 18.3 Å². The zero-order valence-corrected chi connectivity index (χ0v) is 25.8. The number of ether oxygens (including phenoxy) is 1. The van der Waals surface area contributed by atoms with Gasteiger partial charge in [-0.15, -0.1) is 13.2 Å². The lowest BCUT2D eigenvalue weighted by Gasteiger charge is -2.68. The highest BCUT2D eigenvalue weighted by Crippen LogP contribution is 2.75. The second-order valence-corrected chi connectivity index (χ2v) is 15.1. The summed E-state index contributed by atoms with van der Waals surface area (Å²) in [4.78, 5) is 0.775. The van der Waals surface area contributed by atoms with Crippen molar-refractivity contribution < 1.29 is 27.2 Å². The minimum Gasteiger partial charge on any atom is -0.406 e. The summed E-state index contributed by atoms with van der Waals surface area (Å²) >= 11 is 1.24. The summed E-state index contributed by atoms with van der Waals surface area (Å²) in [5.41, 5.74) is 0.993. The summed E-state index contributed by atoms with van der Waals surface area (Å²) in [6.07, 6.45) is 7.08. The van der Waals surface area contributed by atoms with Crippen LogP contribution in [0.15, 0.2) is 29.2 Å². The van der Waals surface area contributed by atoms with Crippen molar-refractivity contribution in [3.05, 3.63) is 24.3 Å². The van der Waals surface area contributed by atoms with Crippen LogP contribution < -0.4 is 4.74 Å². The molecule has 7 unspecified atom stereocenters. The lowest BCUT2D eigenvalue weighted by Crippen LogP contribution is -2.62. The van der Waals surface area contributed by atoms with E-state index < -0.39 is 6.36 Å². The molecule has 226 valence electrons. The van der Waals surface area contributed by atoms with Crippen LogP contribution in [-0.2, 0) is 4.18 Å². The second-order valence-electron chi connectivity index (χ2n) is 14.3. The summed E-state index contributed by atoms with van der Waals surface area (Å²) in [7, 11) is 0. The van der Waals surface area contributed by atoms with E-state index in [-0.39, 0.29) is 11.9 Å². The van der Waals surface area contributed by atoms with Gasteiger partial charge in [-0.1, -0.05) is 41.0 Å². The van der Waals surface area contributed by atoms with Gasteiger partial charge >= 0.3 is 6.36 Å². The highest BCUT2D eigenvalue weighted by molar-refractivity contribution is 7.94. The van der Waals surface area contributed by atoms with E-state index >= 15 is 0 Å². The third-order valence-corrected chi connectivity index (χ3v) is 13.4.